The van der Waals surface area contributed by atoms with E-state index in [1.54, 1.807) is 0 Å². The van der Waals surface area contributed by atoms with Crippen molar-refractivity contribution < 1.29 is 24.5 Å². The van der Waals surface area contributed by atoms with Gasteiger partial charge in [-0.25, -0.2) is 0 Å². The molecule has 0 saturated carbocycles. The molecule has 6 nitrogen and oxygen atoms in total. The average molecular weight is 903 g/mol. The Labute approximate surface area is 399 Å². The van der Waals surface area contributed by atoms with E-state index >= 15 is 0 Å². The second kappa shape index (κ2) is 52.3. The summed E-state index contributed by atoms with van der Waals surface area (Å²) < 4.78 is 5.93. The van der Waals surface area contributed by atoms with Crippen molar-refractivity contribution in [2.24, 2.45) is 0 Å². The highest BCUT2D eigenvalue weighted by molar-refractivity contribution is 5.77. The van der Waals surface area contributed by atoms with E-state index in [2.05, 4.69) is 50.4 Å². The van der Waals surface area contributed by atoms with Crippen molar-refractivity contribution in [1.29, 1.82) is 0 Å². The number of ether oxygens (including phenoxy) is 1. The minimum absolute atomic E-state index is 0.0593. The van der Waals surface area contributed by atoms with Gasteiger partial charge in [0.25, 0.3) is 0 Å². The number of hydrogen-bond donors (Lipinski definition) is 3. The maximum atomic E-state index is 13.2. The Hall–Kier alpha value is -1.66. The molecule has 0 aliphatic carbocycles. The molecule has 0 aromatic carbocycles. The molecule has 0 aromatic heterocycles. The zero-order chi connectivity index (χ0) is 46.7. The summed E-state index contributed by atoms with van der Waals surface area (Å²) in [6.07, 6.45) is 61.1. The van der Waals surface area contributed by atoms with Gasteiger partial charge in [0.2, 0.25) is 5.91 Å². The number of allylic oxidation sites excluding steroid dienone is 4. The Kier molecular flexibility index (Phi) is 51.0. The van der Waals surface area contributed by atoms with Crippen molar-refractivity contribution in [1.82, 2.24) is 5.32 Å². The van der Waals surface area contributed by atoms with Crippen LogP contribution in [0, 0.1) is 0 Å². The normalized spacial score (nSPS) is 13.3. The van der Waals surface area contributed by atoms with Crippen LogP contribution in [0.5, 0.6) is 0 Å². The van der Waals surface area contributed by atoms with Gasteiger partial charge in [0.05, 0.1) is 25.2 Å². The SMILES string of the molecule is CCCCCCCC/C=C\CCCC(CC(=O)NC(CO)C(O)CCCCCCCCCCCCCCCCCCC)OC(=O)CCCCCCCCC/C=C/CCCCCCCC. The molecule has 0 bridgehead atoms. The van der Waals surface area contributed by atoms with E-state index in [9.17, 15) is 19.8 Å². The minimum Gasteiger partial charge on any atom is -0.462 e. The van der Waals surface area contributed by atoms with Crippen LogP contribution in [0.2, 0.25) is 0 Å². The zero-order valence-corrected chi connectivity index (χ0v) is 43.2. The molecule has 0 heterocycles. The first kappa shape index (κ1) is 62.3. The van der Waals surface area contributed by atoms with E-state index in [1.165, 1.54) is 212 Å². The Morgan fingerprint density at radius 2 is 0.766 bits per heavy atom. The molecule has 1 amide bonds. The van der Waals surface area contributed by atoms with E-state index in [0.29, 0.717) is 19.3 Å². The van der Waals surface area contributed by atoms with Gasteiger partial charge in [0, 0.05) is 6.42 Å². The number of hydrogen-bond acceptors (Lipinski definition) is 5. The molecule has 0 aliphatic heterocycles. The van der Waals surface area contributed by atoms with Gasteiger partial charge in [-0.15, -0.1) is 0 Å². The molecule has 3 unspecified atom stereocenters. The number of esters is 1. The van der Waals surface area contributed by atoms with Crippen molar-refractivity contribution >= 4 is 11.9 Å². The Bertz CT molecular complexity index is 1010. The van der Waals surface area contributed by atoms with Crippen molar-refractivity contribution in [3.63, 3.8) is 0 Å². The Morgan fingerprint density at radius 1 is 0.438 bits per heavy atom. The molecule has 0 rings (SSSR count). The van der Waals surface area contributed by atoms with Crippen LogP contribution in [0.3, 0.4) is 0 Å². The summed E-state index contributed by atoms with van der Waals surface area (Å²) in [5, 5.41) is 23.8. The van der Waals surface area contributed by atoms with Crippen molar-refractivity contribution in [3.8, 4) is 0 Å². The molecule has 3 atom stereocenters. The molecule has 0 saturated heterocycles. The highest BCUT2D eigenvalue weighted by atomic mass is 16.5. The smallest absolute Gasteiger partial charge is 0.306 e. The maximum absolute atomic E-state index is 13.2. The number of aliphatic hydroxyl groups is 2. The van der Waals surface area contributed by atoms with E-state index < -0.39 is 18.2 Å². The molecule has 0 aliphatic rings. The molecular formula is C58H111NO5. The van der Waals surface area contributed by atoms with Crippen molar-refractivity contribution in [2.45, 2.75) is 328 Å². The van der Waals surface area contributed by atoms with E-state index in [-0.39, 0.29) is 24.9 Å². The molecule has 0 spiro atoms. The average Bonchev–Trinajstić information content (AvgIpc) is 3.29. The molecule has 3 N–H and O–H groups in total. The fourth-order valence-electron chi connectivity index (χ4n) is 8.90. The molecule has 0 radical (unpaired) electrons. The van der Waals surface area contributed by atoms with Crippen LogP contribution in [0.4, 0.5) is 0 Å². The maximum Gasteiger partial charge on any atom is 0.306 e. The monoisotopic (exact) mass is 902 g/mol. The third-order valence-electron chi connectivity index (χ3n) is 13.3. The summed E-state index contributed by atoms with van der Waals surface area (Å²) in [7, 11) is 0. The molecule has 0 fully saturated rings. The first-order valence-corrected chi connectivity index (χ1v) is 28.6. The topological polar surface area (TPSA) is 95.9 Å². The second-order valence-corrected chi connectivity index (χ2v) is 19.7. The van der Waals surface area contributed by atoms with Crippen LogP contribution in [0.15, 0.2) is 24.3 Å². The standard InChI is InChI=1S/C58H111NO5/c1-4-7-10-13-16-19-22-24-26-28-30-32-35-38-41-44-47-50-56(61)55(53-60)59-57(62)52-54(49-46-43-40-37-34-21-18-15-12-9-6-3)64-58(63)51-48-45-42-39-36-33-31-29-27-25-23-20-17-14-11-8-5-2/h25,27,37,40,54-56,60-61H,4-24,26,28-36,38-39,41-53H2,1-3H3,(H,59,62)/b27-25+,40-37-. The summed E-state index contributed by atoms with van der Waals surface area (Å²) in [5.74, 6) is -0.494. The van der Waals surface area contributed by atoms with E-state index in [0.717, 1.165) is 51.4 Å². The number of carbonyl (C=O) groups excluding carboxylic acids is 2. The summed E-state index contributed by atoms with van der Waals surface area (Å²) in [5.41, 5.74) is 0. The number of aliphatic hydroxyl groups excluding tert-OH is 2. The van der Waals surface area contributed by atoms with Gasteiger partial charge in [-0.1, -0.05) is 251 Å². The van der Waals surface area contributed by atoms with Crippen molar-refractivity contribution in [3.05, 3.63) is 24.3 Å². The van der Waals surface area contributed by atoms with E-state index in [4.69, 9.17) is 4.74 Å². The van der Waals surface area contributed by atoms with Crippen LogP contribution in [0.25, 0.3) is 0 Å². The van der Waals surface area contributed by atoms with Gasteiger partial charge < -0.3 is 20.3 Å². The first-order chi connectivity index (χ1) is 31.5. The van der Waals surface area contributed by atoms with Crippen LogP contribution in [-0.2, 0) is 14.3 Å². The third-order valence-corrected chi connectivity index (χ3v) is 13.3. The van der Waals surface area contributed by atoms with Gasteiger partial charge in [-0.2, -0.15) is 0 Å². The minimum atomic E-state index is -0.792. The zero-order valence-electron chi connectivity index (χ0n) is 43.2. The summed E-state index contributed by atoms with van der Waals surface area (Å²) in [4.78, 5) is 26.2. The number of nitrogens with one attached hydrogen (secondary N) is 1. The lowest BCUT2D eigenvalue weighted by atomic mass is 10.0. The summed E-state index contributed by atoms with van der Waals surface area (Å²) >= 11 is 0. The van der Waals surface area contributed by atoms with Crippen LogP contribution >= 0.6 is 0 Å². The van der Waals surface area contributed by atoms with Crippen LogP contribution in [-0.4, -0.2) is 46.9 Å². The van der Waals surface area contributed by atoms with Gasteiger partial charge in [0.15, 0.2) is 0 Å². The predicted molar refractivity (Wildman–Crippen MR) is 278 cm³/mol. The molecule has 64 heavy (non-hydrogen) atoms. The quantitative estimate of drug-likeness (QED) is 0.0321. The van der Waals surface area contributed by atoms with E-state index in [1.807, 2.05) is 0 Å². The Balaban J connectivity index is 4.45. The van der Waals surface area contributed by atoms with Gasteiger partial charge in [-0.05, 0) is 70.6 Å². The Morgan fingerprint density at radius 3 is 1.14 bits per heavy atom. The highest BCUT2D eigenvalue weighted by Crippen LogP contribution is 2.18. The fourth-order valence-corrected chi connectivity index (χ4v) is 8.90. The molecule has 0 aromatic rings. The number of rotatable bonds is 52. The van der Waals surface area contributed by atoms with Crippen LogP contribution < -0.4 is 5.32 Å². The molecule has 378 valence electrons. The fraction of sp³-hybridized carbons (Fsp3) is 0.897. The second-order valence-electron chi connectivity index (χ2n) is 19.7. The summed E-state index contributed by atoms with van der Waals surface area (Å²) in [6, 6.07) is -0.707. The van der Waals surface area contributed by atoms with Gasteiger partial charge in [-0.3, -0.25) is 9.59 Å². The van der Waals surface area contributed by atoms with Gasteiger partial charge >= 0.3 is 5.97 Å². The number of unbranched alkanes of at least 4 members (excludes halogenated alkanes) is 36. The lowest BCUT2D eigenvalue weighted by molar-refractivity contribution is -0.151. The number of amides is 1. The largest absolute Gasteiger partial charge is 0.462 e. The van der Waals surface area contributed by atoms with Gasteiger partial charge in [0.1, 0.15) is 6.10 Å². The summed E-state index contributed by atoms with van der Waals surface area (Å²) in [6.45, 7) is 6.49. The molecule has 6 heteroatoms. The number of carbonyl (C=O) groups is 2. The first-order valence-electron chi connectivity index (χ1n) is 28.6. The highest BCUT2D eigenvalue weighted by Gasteiger charge is 2.24. The van der Waals surface area contributed by atoms with Crippen molar-refractivity contribution in [2.75, 3.05) is 6.61 Å². The predicted octanol–water partition coefficient (Wildman–Crippen LogP) is 17.5. The van der Waals surface area contributed by atoms with Crippen LogP contribution in [0.1, 0.15) is 310 Å². The lowest BCUT2D eigenvalue weighted by Crippen LogP contribution is -2.46. The third kappa shape index (κ3) is 46.9. The molecular weight excluding hydrogens is 791 g/mol. The lowest BCUT2D eigenvalue weighted by Gasteiger charge is -2.24.